The van der Waals surface area contributed by atoms with Crippen molar-refractivity contribution in [2.24, 2.45) is 0 Å². The summed E-state index contributed by atoms with van der Waals surface area (Å²) in [5, 5.41) is 13.5. The molecule has 0 fully saturated rings. The molecule has 0 saturated carbocycles. The van der Waals surface area contributed by atoms with Crippen LogP contribution in [0, 0.1) is 0 Å². The van der Waals surface area contributed by atoms with E-state index in [0.717, 1.165) is 0 Å². The third kappa shape index (κ3) is 3.90. The van der Waals surface area contributed by atoms with Gasteiger partial charge in [0.1, 0.15) is 0 Å². The number of benzene rings is 1. The smallest absolute Gasteiger partial charge is 0.287 e. The molecule has 106 valence electrons. The van der Waals surface area contributed by atoms with Crippen LogP contribution < -0.4 is 5.32 Å². The molecule has 2 N–H and O–H groups in total. The fourth-order valence-corrected chi connectivity index (χ4v) is 2.29. The van der Waals surface area contributed by atoms with Gasteiger partial charge in [0.25, 0.3) is 5.91 Å². The number of aliphatic hydroxyl groups excluding tert-OH is 1. The molecule has 2 rings (SSSR count). The molecule has 1 atom stereocenters. The maximum atomic E-state index is 11.7. The van der Waals surface area contributed by atoms with Crippen LogP contribution >= 0.6 is 34.8 Å². The third-order valence-electron chi connectivity index (χ3n) is 2.52. The first-order valence-electron chi connectivity index (χ1n) is 5.63. The molecule has 0 spiro atoms. The highest BCUT2D eigenvalue weighted by atomic mass is 35.5. The first-order chi connectivity index (χ1) is 9.45. The van der Waals surface area contributed by atoms with Gasteiger partial charge in [0, 0.05) is 16.6 Å². The molecule has 1 aromatic carbocycles. The molecule has 0 saturated heterocycles. The van der Waals surface area contributed by atoms with Crippen LogP contribution in [0.2, 0.25) is 15.3 Å². The number of hydrogen-bond donors (Lipinski definition) is 2. The lowest BCUT2D eigenvalue weighted by Crippen LogP contribution is -2.28. The monoisotopic (exact) mass is 333 g/mol. The first-order valence-corrected chi connectivity index (χ1v) is 6.76. The molecule has 4 nitrogen and oxygen atoms in total. The molecule has 1 heterocycles. The number of halogens is 3. The summed E-state index contributed by atoms with van der Waals surface area (Å²) >= 11 is 17.3. The summed E-state index contributed by atoms with van der Waals surface area (Å²) in [6.07, 6.45) is -0.930. The molecule has 0 radical (unpaired) electrons. The third-order valence-corrected chi connectivity index (χ3v) is 3.16. The second-order valence-electron chi connectivity index (χ2n) is 4.03. The number of carbonyl (C=O) groups excluding carboxylic acids is 1. The van der Waals surface area contributed by atoms with Gasteiger partial charge in [-0.2, -0.15) is 0 Å². The SMILES string of the molecule is O=C(NCC(O)c1cc(Cl)cc(Cl)c1)c1ccc(Cl)o1. The number of nitrogens with one attached hydrogen (secondary N) is 1. The topological polar surface area (TPSA) is 62.5 Å². The lowest BCUT2D eigenvalue weighted by molar-refractivity contribution is 0.0889. The molecule has 0 aliphatic rings. The van der Waals surface area contributed by atoms with Gasteiger partial charge in [-0.15, -0.1) is 0 Å². The number of hydrogen-bond acceptors (Lipinski definition) is 3. The van der Waals surface area contributed by atoms with Gasteiger partial charge in [-0.25, -0.2) is 0 Å². The summed E-state index contributed by atoms with van der Waals surface area (Å²) in [7, 11) is 0. The highest BCUT2D eigenvalue weighted by Gasteiger charge is 2.14. The van der Waals surface area contributed by atoms with Crippen molar-refractivity contribution in [1.82, 2.24) is 5.32 Å². The van der Waals surface area contributed by atoms with Gasteiger partial charge in [-0.1, -0.05) is 23.2 Å². The number of amides is 1. The van der Waals surface area contributed by atoms with E-state index in [9.17, 15) is 9.90 Å². The fraction of sp³-hybridized carbons (Fsp3) is 0.154. The van der Waals surface area contributed by atoms with Crippen LogP contribution in [0.25, 0.3) is 0 Å². The van der Waals surface area contributed by atoms with E-state index in [0.29, 0.717) is 15.6 Å². The Labute approximate surface area is 130 Å². The molecule has 1 amide bonds. The molecule has 1 unspecified atom stereocenters. The Bertz CT molecular complexity index is 607. The van der Waals surface area contributed by atoms with Gasteiger partial charge in [0.2, 0.25) is 0 Å². The van der Waals surface area contributed by atoms with Gasteiger partial charge in [-0.05, 0) is 47.5 Å². The summed E-state index contributed by atoms with van der Waals surface area (Å²) in [5.74, 6) is -0.393. The standard InChI is InChI=1S/C13H10Cl3NO3/c14-8-3-7(4-9(15)5-8)10(18)6-17-13(19)11-1-2-12(16)20-11/h1-5,10,18H,6H2,(H,17,19). The lowest BCUT2D eigenvalue weighted by Gasteiger charge is -2.12. The van der Waals surface area contributed by atoms with E-state index in [1.165, 1.54) is 12.1 Å². The molecular weight excluding hydrogens is 325 g/mol. The van der Waals surface area contributed by atoms with E-state index in [2.05, 4.69) is 5.32 Å². The van der Waals surface area contributed by atoms with Crippen LogP contribution in [0.1, 0.15) is 22.2 Å². The maximum Gasteiger partial charge on any atom is 0.287 e. The molecule has 1 aromatic heterocycles. The molecule has 0 bridgehead atoms. The van der Waals surface area contributed by atoms with Crippen LogP contribution in [-0.4, -0.2) is 17.6 Å². The minimum Gasteiger partial charge on any atom is -0.440 e. The predicted molar refractivity (Wildman–Crippen MR) is 77.5 cm³/mol. The molecule has 20 heavy (non-hydrogen) atoms. The number of carbonyl (C=O) groups is 1. The van der Waals surface area contributed by atoms with Crippen LogP contribution in [0.4, 0.5) is 0 Å². The van der Waals surface area contributed by atoms with E-state index in [1.807, 2.05) is 0 Å². The summed E-state index contributed by atoms with van der Waals surface area (Å²) in [6.45, 7) is -0.00613. The number of aliphatic hydroxyl groups is 1. The zero-order chi connectivity index (χ0) is 14.7. The largest absolute Gasteiger partial charge is 0.440 e. The van der Waals surface area contributed by atoms with Gasteiger partial charge in [0.15, 0.2) is 11.0 Å². The van der Waals surface area contributed by atoms with Crippen molar-refractivity contribution in [3.05, 3.63) is 56.9 Å². The van der Waals surface area contributed by atoms with Crippen LogP contribution in [-0.2, 0) is 0 Å². The lowest BCUT2D eigenvalue weighted by atomic mass is 10.1. The zero-order valence-corrected chi connectivity index (χ0v) is 12.3. The van der Waals surface area contributed by atoms with Crippen molar-refractivity contribution >= 4 is 40.7 Å². The Hall–Kier alpha value is -1.20. The summed E-state index contributed by atoms with van der Waals surface area (Å²) in [4.78, 5) is 11.7. The van der Waals surface area contributed by atoms with Crippen molar-refractivity contribution in [2.75, 3.05) is 6.54 Å². The zero-order valence-electron chi connectivity index (χ0n) is 10.1. The number of furan rings is 1. The molecular formula is C13H10Cl3NO3. The average molecular weight is 335 g/mol. The summed E-state index contributed by atoms with van der Waals surface area (Å²) < 4.78 is 4.95. The highest BCUT2D eigenvalue weighted by molar-refractivity contribution is 6.34. The summed E-state index contributed by atoms with van der Waals surface area (Å²) in [5.41, 5.74) is 0.514. The van der Waals surface area contributed by atoms with Gasteiger partial charge in [0.05, 0.1) is 6.10 Å². The van der Waals surface area contributed by atoms with E-state index < -0.39 is 12.0 Å². The van der Waals surface area contributed by atoms with E-state index >= 15 is 0 Å². The quantitative estimate of drug-likeness (QED) is 0.896. The van der Waals surface area contributed by atoms with E-state index in [4.69, 9.17) is 39.2 Å². The van der Waals surface area contributed by atoms with Crippen molar-refractivity contribution in [3.8, 4) is 0 Å². The van der Waals surface area contributed by atoms with Gasteiger partial charge < -0.3 is 14.8 Å². The second-order valence-corrected chi connectivity index (χ2v) is 5.28. The van der Waals surface area contributed by atoms with Gasteiger partial charge in [-0.3, -0.25) is 4.79 Å². The number of rotatable bonds is 4. The Morgan fingerprint density at radius 2 is 1.85 bits per heavy atom. The van der Waals surface area contributed by atoms with E-state index in [1.54, 1.807) is 18.2 Å². The second kappa shape index (κ2) is 6.50. The fourth-order valence-electron chi connectivity index (χ4n) is 1.60. The van der Waals surface area contributed by atoms with Crippen molar-refractivity contribution < 1.29 is 14.3 Å². The minimum atomic E-state index is -0.930. The van der Waals surface area contributed by atoms with Crippen LogP contribution in [0.15, 0.2) is 34.7 Å². The Kier molecular flexibility index (Phi) is 4.94. The van der Waals surface area contributed by atoms with Crippen LogP contribution in [0.3, 0.4) is 0 Å². The van der Waals surface area contributed by atoms with E-state index in [-0.39, 0.29) is 17.5 Å². The minimum absolute atomic E-state index is 0.00613. The van der Waals surface area contributed by atoms with Gasteiger partial charge >= 0.3 is 0 Å². The Balaban J connectivity index is 1.98. The van der Waals surface area contributed by atoms with Crippen LogP contribution in [0.5, 0.6) is 0 Å². The van der Waals surface area contributed by atoms with Crippen molar-refractivity contribution in [2.45, 2.75) is 6.10 Å². The highest BCUT2D eigenvalue weighted by Crippen LogP contribution is 2.23. The normalized spacial score (nSPS) is 12.2. The first kappa shape index (κ1) is 15.2. The molecule has 0 aliphatic carbocycles. The average Bonchev–Trinajstić information content (AvgIpc) is 2.81. The Morgan fingerprint density at radius 3 is 2.40 bits per heavy atom. The molecule has 7 heteroatoms. The maximum absolute atomic E-state index is 11.7. The van der Waals surface area contributed by atoms with Crippen molar-refractivity contribution in [3.63, 3.8) is 0 Å². The van der Waals surface area contributed by atoms with Crippen molar-refractivity contribution in [1.29, 1.82) is 0 Å². The Morgan fingerprint density at radius 1 is 1.20 bits per heavy atom. The summed E-state index contributed by atoms with van der Waals surface area (Å²) in [6, 6.07) is 7.62. The predicted octanol–water partition coefficient (Wildman–Crippen LogP) is 3.70. The molecule has 0 aliphatic heterocycles. The molecule has 2 aromatic rings.